The van der Waals surface area contributed by atoms with Gasteiger partial charge in [-0.2, -0.15) is 0 Å². The van der Waals surface area contributed by atoms with Crippen molar-refractivity contribution in [2.75, 3.05) is 19.1 Å². The zero-order valence-corrected chi connectivity index (χ0v) is 12.8. The summed E-state index contributed by atoms with van der Waals surface area (Å²) >= 11 is 0. The Hall–Kier alpha value is -0.790. The number of halogens is 1. The fourth-order valence-electron chi connectivity index (χ4n) is 1.63. The van der Waals surface area contributed by atoms with Gasteiger partial charge < -0.3 is 0 Å². The molecule has 0 bridgehead atoms. The zero-order valence-electron chi connectivity index (χ0n) is 11.2. The highest BCUT2D eigenvalue weighted by atomic mass is 32.2. The summed E-state index contributed by atoms with van der Waals surface area (Å²) in [5.74, 6) is -0.671. The molecule has 2 atom stereocenters. The highest BCUT2D eigenvalue weighted by Gasteiger charge is 2.25. The van der Waals surface area contributed by atoms with Crippen molar-refractivity contribution in [3.8, 4) is 0 Å². The van der Waals surface area contributed by atoms with Gasteiger partial charge in [0.2, 0.25) is 10.0 Å². The molecule has 0 amide bonds. The van der Waals surface area contributed by atoms with E-state index in [9.17, 15) is 17.0 Å². The molecule has 0 unspecified atom stereocenters. The first-order valence-electron chi connectivity index (χ1n) is 5.73. The van der Waals surface area contributed by atoms with Gasteiger partial charge >= 0.3 is 0 Å². The smallest absolute Gasteiger partial charge is 0.218 e. The SMILES string of the molecule is C[C@@H](C[S@@](C)=O)N(C)S(=O)(=O)Cc1ccccc1F. The van der Waals surface area contributed by atoms with E-state index in [2.05, 4.69) is 0 Å². The summed E-state index contributed by atoms with van der Waals surface area (Å²) in [7, 11) is -3.28. The molecule has 7 heteroatoms. The van der Waals surface area contributed by atoms with Gasteiger partial charge in [0.25, 0.3) is 0 Å². The minimum Gasteiger partial charge on any atom is -0.260 e. The van der Waals surface area contributed by atoms with Gasteiger partial charge in [-0.3, -0.25) is 4.21 Å². The molecule has 1 aromatic rings. The van der Waals surface area contributed by atoms with Gasteiger partial charge in [-0.25, -0.2) is 17.1 Å². The molecule has 1 rings (SSSR count). The number of benzene rings is 1. The second-order valence-corrected chi connectivity index (χ2v) is 7.96. The van der Waals surface area contributed by atoms with Crippen LogP contribution in [0.3, 0.4) is 0 Å². The Morgan fingerprint density at radius 2 is 1.95 bits per heavy atom. The Morgan fingerprint density at radius 3 is 2.47 bits per heavy atom. The van der Waals surface area contributed by atoms with E-state index >= 15 is 0 Å². The molecule has 0 heterocycles. The molecule has 0 aliphatic heterocycles. The quantitative estimate of drug-likeness (QED) is 0.797. The lowest BCUT2D eigenvalue weighted by molar-refractivity contribution is 0.412. The van der Waals surface area contributed by atoms with Gasteiger partial charge in [-0.05, 0) is 13.0 Å². The second-order valence-electron chi connectivity index (χ2n) is 4.45. The Balaban J connectivity index is 2.87. The van der Waals surface area contributed by atoms with Gasteiger partial charge in [0.15, 0.2) is 0 Å². The number of hydrogen-bond donors (Lipinski definition) is 0. The van der Waals surface area contributed by atoms with Crippen molar-refractivity contribution in [2.24, 2.45) is 0 Å². The first-order valence-corrected chi connectivity index (χ1v) is 9.07. The van der Waals surface area contributed by atoms with E-state index in [0.29, 0.717) is 0 Å². The predicted octanol–water partition coefficient (Wildman–Crippen LogP) is 1.35. The Morgan fingerprint density at radius 1 is 1.37 bits per heavy atom. The van der Waals surface area contributed by atoms with E-state index in [1.54, 1.807) is 13.0 Å². The number of hydrogen-bond acceptors (Lipinski definition) is 3. The second kappa shape index (κ2) is 6.58. The lowest BCUT2D eigenvalue weighted by atomic mass is 10.2. The van der Waals surface area contributed by atoms with Crippen LogP contribution in [0.15, 0.2) is 24.3 Å². The fraction of sp³-hybridized carbons (Fsp3) is 0.500. The van der Waals surface area contributed by atoms with Crippen molar-refractivity contribution in [2.45, 2.75) is 18.7 Å². The summed E-state index contributed by atoms with van der Waals surface area (Å²) in [6, 6.07) is 5.40. The largest absolute Gasteiger partial charge is 0.260 e. The van der Waals surface area contributed by atoms with Crippen molar-refractivity contribution >= 4 is 20.8 Å². The molecule has 4 nitrogen and oxygen atoms in total. The number of rotatable bonds is 6. The molecule has 0 fully saturated rings. The molecule has 0 aliphatic carbocycles. The van der Waals surface area contributed by atoms with Crippen molar-refractivity contribution in [1.82, 2.24) is 4.31 Å². The Labute approximate surface area is 116 Å². The number of nitrogens with zero attached hydrogens (tertiary/aromatic N) is 1. The van der Waals surface area contributed by atoms with Crippen molar-refractivity contribution in [1.29, 1.82) is 0 Å². The van der Waals surface area contributed by atoms with E-state index in [-0.39, 0.29) is 17.4 Å². The highest BCUT2D eigenvalue weighted by molar-refractivity contribution is 7.88. The average molecular weight is 307 g/mol. The summed E-state index contributed by atoms with van der Waals surface area (Å²) in [5.41, 5.74) is 0.138. The van der Waals surface area contributed by atoms with Gasteiger partial charge in [0.1, 0.15) is 5.82 Å². The van der Waals surface area contributed by atoms with Crippen LogP contribution < -0.4 is 0 Å². The average Bonchev–Trinajstić information content (AvgIpc) is 2.30. The van der Waals surface area contributed by atoms with E-state index < -0.39 is 32.4 Å². The van der Waals surface area contributed by atoms with Gasteiger partial charge in [0, 0.05) is 41.5 Å². The number of sulfonamides is 1. The molecule has 108 valence electrons. The Kier molecular flexibility index (Phi) is 5.64. The summed E-state index contributed by atoms with van der Waals surface area (Å²) < 4.78 is 50.0. The van der Waals surface area contributed by atoms with Crippen molar-refractivity contribution in [3.63, 3.8) is 0 Å². The summed E-state index contributed by atoms with van der Waals surface area (Å²) in [5, 5.41) is 0. The zero-order chi connectivity index (χ0) is 14.6. The van der Waals surface area contributed by atoms with Crippen LogP contribution in [0.5, 0.6) is 0 Å². The van der Waals surface area contributed by atoms with Crippen LogP contribution >= 0.6 is 0 Å². The molecule has 0 saturated carbocycles. The van der Waals surface area contributed by atoms with Crippen LogP contribution in [-0.2, 0) is 26.6 Å². The third-order valence-corrected chi connectivity index (χ3v) is 5.70. The van der Waals surface area contributed by atoms with E-state index in [4.69, 9.17) is 0 Å². The lowest BCUT2D eigenvalue weighted by Gasteiger charge is -2.23. The molecule has 0 N–H and O–H groups in total. The van der Waals surface area contributed by atoms with E-state index in [1.165, 1.54) is 31.5 Å². The molecule has 1 aromatic carbocycles. The minimum absolute atomic E-state index is 0.138. The first kappa shape index (κ1) is 16.3. The standard InChI is InChI=1S/C12H18FNO3S2/c1-10(8-18(3)15)14(2)19(16,17)9-11-6-4-5-7-12(11)13/h4-7,10H,8-9H2,1-3H3/t10-,18+/m0/s1. The maximum absolute atomic E-state index is 13.5. The summed E-state index contributed by atoms with van der Waals surface area (Å²) in [6.45, 7) is 1.68. The maximum atomic E-state index is 13.5. The molecule has 0 radical (unpaired) electrons. The van der Waals surface area contributed by atoms with Gasteiger partial charge in [-0.15, -0.1) is 0 Å². The van der Waals surface area contributed by atoms with Gasteiger partial charge in [-0.1, -0.05) is 18.2 Å². The van der Waals surface area contributed by atoms with E-state index in [0.717, 1.165) is 4.31 Å². The molecule has 19 heavy (non-hydrogen) atoms. The lowest BCUT2D eigenvalue weighted by Crippen LogP contribution is -2.39. The topological polar surface area (TPSA) is 54.5 Å². The molecular weight excluding hydrogens is 289 g/mol. The van der Waals surface area contributed by atoms with Crippen LogP contribution in [0.2, 0.25) is 0 Å². The van der Waals surface area contributed by atoms with Crippen molar-refractivity contribution < 1.29 is 17.0 Å². The maximum Gasteiger partial charge on any atom is 0.218 e. The predicted molar refractivity (Wildman–Crippen MR) is 75.2 cm³/mol. The van der Waals surface area contributed by atoms with Crippen LogP contribution in [0, 0.1) is 5.82 Å². The minimum atomic E-state index is -3.62. The summed E-state index contributed by atoms with van der Waals surface area (Å²) in [6.07, 6.45) is 1.52. The molecule has 0 saturated heterocycles. The van der Waals surface area contributed by atoms with Crippen LogP contribution in [0.4, 0.5) is 4.39 Å². The molecule has 0 aliphatic rings. The van der Waals surface area contributed by atoms with Crippen LogP contribution in [0.25, 0.3) is 0 Å². The van der Waals surface area contributed by atoms with E-state index in [1.807, 2.05) is 0 Å². The Bertz CT molecular complexity index is 560. The highest BCUT2D eigenvalue weighted by Crippen LogP contribution is 2.15. The van der Waals surface area contributed by atoms with Crippen LogP contribution in [0.1, 0.15) is 12.5 Å². The summed E-state index contributed by atoms with van der Waals surface area (Å²) in [4.78, 5) is 0. The molecule has 0 spiro atoms. The van der Waals surface area contributed by atoms with Gasteiger partial charge in [0.05, 0.1) is 5.75 Å². The molecular formula is C12H18FNO3S2. The fourth-order valence-corrected chi connectivity index (χ4v) is 4.08. The normalized spacial score (nSPS) is 15.4. The monoisotopic (exact) mass is 307 g/mol. The molecule has 0 aromatic heterocycles. The third kappa shape index (κ3) is 4.67. The van der Waals surface area contributed by atoms with Crippen molar-refractivity contribution in [3.05, 3.63) is 35.6 Å². The third-order valence-electron chi connectivity index (χ3n) is 2.83. The van der Waals surface area contributed by atoms with Crippen LogP contribution in [-0.4, -0.2) is 42.0 Å². The first-order chi connectivity index (χ1) is 8.74.